The Hall–Kier alpha value is -2.44. The molecule has 0 aliphatic heterocycles. The van der Waals surface area contributed by atoms with Gasteiger partial charge in [-0.25, -0.2) is 4.79 Å². The lowest BCUT2D eigenvalue weighted by Gasteiger charge is -2.21. The molecule has 0 aromatic heterocycles. The highest BCUT2D eigenvalue weighted by atomic mass is 16.6. The summed E-state index contributed by atoms with van der Waals surface area (Å²) in [5, 5.41) is 11.3. The van der Waals surface area contributed by atoms with E-state index >= 15 is 0 Å². The van der Waals surface area contributed by atoms with E-state index in [0.29, 0.717) is 12.0 Å². The second-order valence-electron chi connectivity index (χ2n) is 5.63. The number of carbonyl (C=O) groups is 2. The smallest absolute Gasteiger partial charge is 0.389 e. The molecule has 0 N–H and O–H groups in total. The van der Waals surface area contributed by atoms with Crippen molar-refractivity contribution in [3.63, 3.8) is 0 Å². The van der Waals surface area contributed by atoms with Crippen LogP contribution in [0.5, 0.6) is 11.5 Å². The van der Waals surface area contributed by atoms with E-state index in [0.717, 1.165) is 19.8 Å². The van der Waals surface area contributed by atoms with E-state index in [1.807, 2.05) is 13.8 Å². The summed E-state index contributed by atoms with van der Waals surface area (Å²) in [5.74, 6) is -0.524. The average Bonchev–Trinajstić information content (AvgIpc) is 2.58. The van der Waals surface area contributed by atoms with Gasteiger partial charge in [0.05, 0.1) is 6.10 Å². The maximum Gasteiger partial charge on any atom is 0.389 e. The maximum absolute atomic E-state index is 12.3. The number of rotatable bonds is 10. The van der Waals surface area contributed by atoms with E-state index in [1.54, 1.807) is 18.2 Å². The van der Waals surface area contributed by atoms with Gasteiger partial charge in [-0.1, -0.05) is 26.0 Å². The summed E-state index contributed by atoms with van der Waals surface area (Å²) in [6, 6.07) is 6.55. The zero-order valence-electron chi connectivity index (χ0n) is 14.2. The molecule has 7 nitrogen and oxygen atoms in total. The number of esters is 1. The van der Waals surface area contributed by atoms with Crippen molar-refractivity contribution in [2.45, 2.75) is 58.1 Å². The number of nitrogens with zero attached hydrogens (tertiary/aromatic N) is 1. The lowest BCUT2D eigenvalue weighted by Crippen LogP contribution is -2.46. The van der Waals surface area contributed by atoms with E-state index < -0.39 is 16.4 Å². The molecule has 0 saturated carbocycles. The van der Waals surface area contributed by atoms with E-state index in [2.05, 4.69) is 0 Å². The zero-order valence-corrected chi connectivity index (χ0v) is 14.2. The topological polar surface area (TPSA) is 95.7 Å². The van der Waals surface area contributed by atoms with E-state index in [9.17, 15) is 19.7 Å². The van der Waals surface area contributed by atoms with Crippen LogP contribution in [0.25, 0.3) is 0 Å². The largest absolute Gasteiger partial charge is 0.487 e. The normalized spacial score (nSPS) is 13.2. The SMILES string of the molecule is CCC(CC)Oc1ccccc1OC(=O)C(C)(CCC=O)[N+](=O)[O-]. The van der Waals surface area contributed by atoms with Crippen LogP contribution >= 0.6 is 0 Å². The third kappa shape index (κ3) is 4.78. The number of aldehydes is 1. The number of benzene rings is 1. The predicted molar refractivity (Wildman–Crippen MR) is 87.8 cm³/mol. The van der Waals surface area contributed by atoms with Crippen LogP contribution < -0.4 is 9.47 Å². The zero-order chi connectivity index (χ0) is 18.2. The Kier molecular flexibility index (Phi) is 7.35. The van der Waals surface area contributed by atoms with Crippen molar-refractivity contribution >= 4 is 12.3 Å². The molecule has 0 aliphatic carbocycles. The third-order valence-corrected chi connectivity index (χ3v) is 3.85. The summed E-state index contributed by atoms with van der Waals surface area (Å²) in [6.07, 6.45) is 1.74. The molecule has 0 bridgehead atoms. The lowest BCUT2D eigenvalue weighted by atomic mass is 9.97. The van der Waals surface area contributed by atoms with Crippen LogP contribution in [0.1, 0.15) is 46.5 Å². The van der Waals surface area contributed by atoms with Crippen molar-refractivity contribution in [2.24, 2.45) is 0 Å². The minimum Gasteiger partial charge on any atom is -0.487 e. The first-order valence-electron chi connectivity index (χ1n) is 7.95. The van der Waals surface area contributed by atoms with E-state index in [-0.39, 0.29) is 24.7 Å². The van der Waals surface area contributed by atoms with Gasteiger partial charge in [0, 0.05) is 24.7 Å². The van der Waals surface area contributed by atoms with Crippen LogP contribution in [0.3, 0.4) is 0 Å². The fourth-order valence-corrected chi connectivity index (χ4v) is 2.08. The van der Waals surface area contributed by atoms with Crippen molar-refractivity contribution in [2.75, 3.05) is 0 Å². The molecule has 0 aliphatic rings. The number of ether oxygens (including phenoxy) is 2. The van der Waals surface area contributed by atoms with Crippen LogP contribution in [-0.2, 0) is 9.59 Å². The van der Waals surface area contributed by atoms with Gasteiger partial charge in [0.25, 0.3) is 0 Å². The van der Waals surface area contributed by atoms with Gasteiger partial charge in [-0.15, -0.1) is 0 Å². The van der Waals surface area contributed by atoms with E-state index in [4.69, 9.17) is 9.47 Å². The molecule has 0 amide bonds. The minimum absolute atomic E-state index is 0.0400. The standard InChI is InChI=1S/C17H23NO6/c1-4-13(5-2)23-14-9-6-7-10-15(14)24-16(20)17(3,18(21)22)11-8-12-19/h6-7,9-10,12-13H,4-5,8,11H2,1-3H3. The molecule has 1 aromatic rings. The summed E-state index contributed by atoms with van der Waals surface area (Å²) in [6.45, 7) is 5.11. The van der Waals surface area contributed by atoms with Gasteiger partial charge in [0.2, 0.25) is 0 Å². The van der Waals surface area contributed by atoms with Gasteiger partial charge in [-0.05, 0) is 25.0 Å². The fourth-order valence-electron chi connectivity index (χ4n) is 2.08. The fraction of sp³-hybridized carbons (Fsp3) is 0.529. The second kappa shape index (κ2) is 9.00. The molecular formula is C17H23NO6. The third-order valence-electron chi connectivity index (χ3n) is 3.85. The van der Waals surface area contributed by atoms with Gasteiger partial charge < -0.3 is 14.3 Å². The number of hydrogen-bond acceptors (Lipinski definition) is 6. The Balaban J connectivity index is 3.00. The molecule has 0 fully saturated rings. The minimum atomic E-state index is -1.98. The van der Waals surface area contributed by atoms with Gasteiger partial charge in [0.15, 0.2) is 11.5 Å². The van der Waals surface area contributed by atoms with Crippen LogP contribution in [0, 0.1) is 10.1 Å². The number of carbonyl (C=O) groups excluding carboxylic acids is 2. The highest BCUT2D eigenvalue weighted by molar-refractivity contribution is 5.81. The van der Waals surface area contributed by atoms with Crippen molar-refractivity contribution < 1.29 is 24.0 Å². The molecule has 0 radical (unpaired) electrons. The molecule has 132 valence electrons. The molecule has 1 rings (SSSR count). The van der Waals surface area contributed by atoms with E-state index in [1.165, 1.54) is 6.07 Å². The Bertz CT molecular complexity index is 584. The maximum atomic E-state index is 12.3. The first-order chi connectivity index (χ1) is 11.4. The molecule has 0 heterocycles. The number of nitro groups is 1. The number of para-hydroxylation sites is 2. The molecular weight excluding hydrogens is 314 g/mol. The van der Waals surface area contributed by atoms with Gasteiger partial charge in [-0.2, -0.15) is 0 Å². The predicted octanol–water partition coefficient (Wildman–Crippen LogP) is 3.17. The second-order valence-corrected chi connectivity index (χ2v) is 5.63. The molecule has 1 unspecified atom stereocenters. The van der Waals surface area contributed by atoms with Gasteiger partial charge in [0.1, 0.15) is 6.29 Å². The first-order valence-corrected chi connectivity index (χ1v) is 7.95. The van der Waals surface area contributed by atoms with Crippen LogP contribution in [0.2, 0.25) is 0 Å². The van der Waals surface area contributed by atoms with Crippen molar-refractivity contribution in [3.05, 3.63) is 34.4 Å². The molecule has 1 aromatic carbocycles. The number of hydrogen-bond donors (Lipinski definition) is 0. The Labute approximate surface area is 141 Å². The molecule has 1 atom stereocenters. The lowest BCUT2D eigenvalue weighted by molar-refractivity contribution is -0.550. The molecule has 24 heavy (non-hydrogen) atoms. The average molecular weight is 337 g/mol. The molecule has 0 spiro atoms. The van der Waals surface area contributed by atoms with Crippen molar-refractivity contribution in [1.82, 2.24) is 0 Å². The quantitative estimate of drug-likeness (QED) is 0.214. The summed E-state index contributed by atoms with van der Waals surface area (Å²) in [5.41, 5.74) is -1.98. The van der Waals surface area contributed by atoms with Crippen LogP contribution in [0.4, 0.5) is 0 Å². The van der Waals surface area contributed by atoms with Gasteiger partial charge >= 0.3 is 11.5 Å². The van der Waals surface area contributed by atoms with Crippen molar-refractivity contribution in [3.8, 4) is 11.5 Å². The Morgan fingerprint density at radius 1 is 1.29 bits per heavy atom. The van der Waals surface area contributed by atoms with Crippen LogP contribution in [0.15, 0.2) is 24.3 Å². The van der Waals surface area contributed by atoms with Gasteiger partial charge in [-0.3, -0.25) is 10.1 Å². The van der Waals surface area contributed by atoms with Crippen LogP contribution in [-0.4, -0.2) is 28.8 Å². The summed E-state index contributed by atoms with van der Waals surface area (Å²) in [7, 11) is 0. The highest BCUT2D eigenvalue weighted by Gasteiger charge is 2.47. The molecule has 0 saturated heterocycles. The summed E-state index contributed by atoms with van der Waals surface area (Å²) in [4.78, 5) is 33.4. The monoisotopic (exact) mass is 337 g/mol. The molecule has 7 heteroatoms. The summed E-state index contributed by atoms with van der Waals surface area (Å²) >= 11 is 0. The van der Waals surface area contributed by atoms with Crippen molar-refractivity contribution in [1.29, 1.82) is 0 Å². The first kappa shape index (κ1) is 19.6. The Morgan fingerprint density at radius 3 is 2.38 bits per heavy atom. The Morgan fingerprint density at radius 2 is 1.88 bits per heavy atom. The highest BCUT2D eigenvalue weighted by Crippen LogP contribution is 2.30. The summed E-state index contributed by atoms with van der Waals surface area (Å²) < 4.78 is 11.0.